The number of hydrogen-bond donors (Lipinski definition) is 1. The van der Waals surface area contributed by atoms with E-state index < -0.39 is 0 Å². The number of aromatic nitrogens is 2. The van der Waals surface area contributed by atoms with Crippen LogP contribution in [0.4, 0.5) is 0 Å². The molecular formula is C13H25N3O2. The maximum atomic E-state index is 9.47. The summed E-state index contributed by atoms with van der Waals surface area (Å²) in [6.45, 7) is 11.4. The van der Waals surface area contributed by atoms with Crippen molar-refractivity contribution in [3.63, 3.8) is 0 Å². The summed E-state index contributed by atoms with van der Waals surface area (Å²) in [5, 5.41) is 13.4. The lowest BCUT2D eigenvalue weighted by Crippen LogP contribution is -2.36. The first-order valence-electron chi connectivity index (χ1n) is 6.62. The highest BCUT2D eigenvalue weighted by Gasteiger charge is 2.16. The van der Waals surface area contributed by atoms with Crippen molar-refractivity contribution in [2.75, 3.05) is 6.54 Å². The second-order valence-electron chi connectivity index (χ2n) is 5.57. The molecule has 1 aromatic heterocycles. The van der Waals surface area contributed by atoms with E-state index in [1.165, 1.54) is 0 Å². The molecule has 0 aliphatic carbocycles. The van der Waals surface area contributed by atoms with Crippen LogP contribution in [0.25, 0.3) is 0 Å². The molecule has 1 atom stereocenters. The van der Waals surface area contributed by atoms with Crippen LogP contribution in [-0.2, 0) is 13.0 Å². The van der Waals surface area contributed by atoms with Gasteiger partial charge in [0, 0.05) is 19.0 Å². The molecule has 1 heterocycles. The van der Waals surface area contributed by atoms with Gasteiger partial charge in [0.15, 0.2) is 5.82 Å². The first-order chi connectivity index (χ1) is 8.38. The van der Waals surface area contributed by atoms with Crippen molar-refractivity contribution < 1.29 is 9.63 Å². The Morgan fingerprint density at radius 2 is 1.89 bits per heavy atom. The highest BCUT2D eigenvalue weighted by Crippen LogP contribution is 2.09. The minimum absolute atomic E-state index is 0.333. The fourth-order valence-corrected chi connectivity index (χ4v) is 1.77. The van der Waals surface area contributed by atoms with Gasteiger partial charge >= 0.3 is 0 Å². The predicted molar refractivity (Wildman–Crippen MR) is 70.1 cm³/mol. The summed E-state index contributed by atoms with van der Waals surface area (Å²) in [5.41, 5.74) is 0. The molecule has 1 N–H and O–H groups in total. The van der Waals surface area contributed by atoms with Gasteiger partial charge in [-0.2, -0.15) is 4.98 Å². The molecule has 5 heteroatoms. The van der Waals surface area contributed by atoms with Crippen LogP contribution in [0.1, 0.15) is 46.3 Å². The Bertz CT molecular complexity index is 348. The third-order valence-electron chi connectivity index (χ3n) is 2.67. The number of hydrogen-bond acceptors (Lipinski definition) is 5. The summed E-state index contributed by atoms with van der Waals surface area (Å²) in [4.78, 5) is 6.50. The minimum Gasteiger partial charge on any atom is -0.392 e. The van der Waals surface area contributed by atoms with Crippen molar-refractivity contribution in [3.05, 3.63) is 11.7 Å². The molecule has 5 nitrogen and oxygen atoms in total. The Balaban J connectivity index is 2.60. The summed E-state index contributed by atoms with van der Waals surface area (Å²) in [6, 6.07) is 0.333. The second kappa shape index (κ2) is 6.85. The van der Waals surface area contributed by atoms with E-state index in [1.54, 1.807) is 6.92 Å². The zero-order valence-electron chi connectivity index (χ0n) is 12.1. The van der Waals surface area contributed by atoms with Gasteiger partial charge in [-0.3, -0.25) is 4.90 Å². The Hall–Kier alpha value is -0.940. The molecular weight excluding hydrogens is 230 g/mol. The van der Waals surface area contributed by atoms with Gasteiger partial charge in [-0.15, -0.1) is 0 Å². The summed E-state index contributed by atoms with van der Waals surface area (Å²) in [7, 11) is 0. The van der Waals surface area contributed by atoms with E-state index >= 15 is 0 Å². The molecule has 1 rings (SSSR count). The first kappa shape index (κ1) is 15.1. The zero-order chi connectivity index (χ0) is 13.7. The molecule has 1 aromatic rings. The lowest BCUT2D eigenvalue weighted by Gasteiger charge is -2.25. The molecule has 0 spiro atoms. The molecule has 0 bridgehead atoms. The normalized spacial score (nSPS) is 13.8. The molecule has 0 fully saturated rings. The summed E-state index contributed by atoms with van der Waals surface area (Å²) >= 11 is 0. The van der Waals surface area contributed by atoms with Crippen LogP contribution in [0.5, 0.6) is 0 Å². The van der Waals surface area contributed by atoms with E-state index in [0.29, 0.717) is 30.9 Å². The van der Waals surface area contributed by atoms with Crippen LogP contribution < -0.4 is 0 Å². The van der Waals surface area contributed by atoms with Crippen molar-refractivity contribution in [1.29, 1.82) is 0 Å². The SMILES string of the molecule is CC(C)Cc1noc(CN(CC(C)O)C(C)C)n1. The van der Waals surface area contributed by atoms with Gasteiger partial charge in [0.2, 0.25) is 5.89 Å². The molecule has 18 heavy (non-hydrogen) atoms. The smallest absolute Gasteiger partial charge is 0.240 e. The standard InChI is InChI=1S/C13H25N3O2/c1-9(2)6-12-14-13(18-15-12)8-16(10(3)4)7-11(5)17/h9-11,17H,6-8H2,1-5H3. The maximum Gasteiger partial charge on any atom is 0.240 e. The molecule has 0 aromatic carbocycles. The quantitative estimate of drug-likeness (QED) is 0.805. The van der Waals surface area contributed by atoms with E-state index in [-0.39, 0.29) is 6.10 Å². The minimum atomic E-state index is -0.356. The molecule has 1 unspecified atom stereocenters. The number of aliphatic hydroxyl groups excluding tert-OH is 1. The van der Waals surface area contributed by atoms with Gasteiger partial charge in [-0.1, -0.05) is 19.0 Å². The predicted octanol–water partition coefficient (Wildman–Crippen LogP) is 1.86. The second-order valence-corrected chi connectivity index (χ2v) is 5.57. The van der Waals surface area contributed by atoms with E-state index in [0.717, 1.165) is 12.2 Å². The van der Waals surface area contributed by atoms with Crippen molar-refractivity contribution >= 4 is 0 Å². The Morgan fingerprint density at radius 1 is 1.22 bits per heavy atom. The first-order valence-corrected chi connectivity index (χ1v) is 6.62. The van der Waals surface area contributed by atoms with Crippen molar-refractivity contribution in [2.24, 2.45) is 5.92 Å². The van der Waals surface area contributed by atoms with Gasteiger partial charge in [0.1, 0.15) is 0 Å². The number of nitrogens with zero attached hydrogens (tertiary/aromatic N) is 3. The van der Waals surface area contributed by atoms with E-state index in [1.807, 2.05) is 0 Å². The summed E-state index contributed by atoms with van der Waals surface area (Å²) in [5.74, 6) is 1.91. The number of aliphatic hydroxyl groups is 1. The van der Waals surface area contributed by atoms with E-state index in [9.17, 15) is 5.11 Å². The number of rotatable bonds is 7. The molecule has 0 aliphatic heterocycles. The van der Waals surface area contributed by atoms with Gasteiger partial charge in [-0.25, -0.2) is 0 Å². The summed E-state index contributed by atoms with van der Waals surface area (Å²) < 4.78 is 5.24. The van der Waals surface area contributed by atoms with Crippen LogP contribution in [0.2, 0.25) is 0 Å². The molecule has 0 saturated heterocycles. The third kappa shape index (κ3) is 5.14. The lowest BCUT2D eigenvalue weighted by molar-refractivity contribution is 0.0943. The fourth-order valence-electron chi connectivity index (χ4n) is 1.77. The molecule has 0 amide bonds. The molecule has 104 valence electrons. The van der Waals surface area contributed by atoms with E-state index in [4.69, 9.17) is 4.52 Å². The van der Waals surface area contributed by atoms with Crippen molar-refractivity contribution in [2.45, 2.75) is 59.7 Å². The third-order valence-corrected chi connectivity index (χ3v) is 2.67. The zero-order valence-corrected chi connectivity index (χ0v) is 12.1. The molecule has 0 saturated carbocycles. The summed E-state index contributed by atoms with van der Waals surface area (Å²) in [6.07, 6.45) is 0.479. The van der Waals surface area contributed by atoms with E-state index in [2.05, 4.69) is 42.7 Å². The van der Waals surface area contributed by atoms with Crippen LogP contribution in [-0.4, -0.2) is 38.8 Å². The van der Waals surface area contributed by atoms with Gasteiger partial charge in [0.05, 0.1) is 12.6 Å². The van der Waals surface area contributed by atoms with Crippen LogP contribution in [0.3, 0.4) is 0 Å². The molecule has 0 aliphatic rings. The topological polar surface area (TPSA) is 62.4 Å². The van der Waals surface area contributed by atoms with Gasteiger partial charge in [0.25, 0.3) is 0 Å². The van der Waals surface area contributed by atoms with Crippen LogP contribution >= 0.6 is 0 Å². The monoisotopic (exact) mass is 255 g/mol. The largest absolute Gasteiger partial charge is 0.392 e. The highest BCUT2D eigenvalue weighted by molar-refractivity contribution is 4.88. The molecule has 0 radical (unpaired) electrons. The maximum absolute atomic E-state index is 9.47. The van der Waals surface area contributed by atoms with Crippen LogP contribution in [0.15, 0.2) is 4.52 Å². The average Bonchev–Trinajstić information content (AvgIpc) is 2.62. The highest BCUT2D eigenvalue weighted by atomic mass is 16.5. The average molecular weight is 255 g/mol. The fraction of sp³-hybridized carbons (Fsp3) is 0.846. The van der Waals surface area contributed by atoms with Crippen LogP contribution in [0, 0.1) is 5.92 Å². The Labute approximate surface area is 109 Å². The van der Waals surface area contributed by atoms with Gasteiger partial charge in [-0.05, 0) is 26.7 Å². The lowest BCUT2D eigenvalue weighted by atomic mass is 10.1. The van der Waals surface area contributed by atoms with Crippen molar-refractivity contribution in [3.8, 4) is 0 Å². The van der Waals surface area contributed by atoms with Crippen molar-refractivity contribution in [1.82, 2.24) is 15.0 Å². The Kier molecular flexibility index (Phi) is 5.75. The van der Waals surface area contributed by atoms with Gasteiger partial charge < -0.3 is 9.63 Å². The Morgan fingerprint density at radius 3 is 2.39 bits per heavy atom.